The lowest BCUT2D eigenvalue weighted by Gasteiger charge is -2.33. The van der Waals surface area contributed by atoms with E-state index in [-0.39, 0.29) is 13.4 Å². The van der Waals surface area contributed by atoms with Crippen molar-refractivity contribution in [2.45, 2.75) is 67.5 Å². The summed E-state index contributed by atoms with van der Waals surface area (Å²) in [6, 6.07) is 49.3. The highest BCUT2D eigenvalue weighted by Gasteiger charge is 2.41. The molecule has 8 aromatic carbocycles. The number of hydrogen-bond acceptors (Lipinski definition) is 6. The van der Waals surface area contributed by atoms with Crippen molar-refractivity contribution >= 4 is 80.9 Å². The second-order valence-corrected chi connectivity index (χ2v) is 23.2. The van der Waals surface area contributed by atoms with Crippen LogP contribution in [0.2, 0.25) is 0 Å². The summed E-state index contributed by atoms with van der Waals surface area (Å²) in [4.78, 5) is 5.29. The van der Waals surface area contributed by atoms with Crippen LogP contribution in [-0.4, -0.2) is 33.0 Å². The number of aryl methyl sites for hydroxylation is 6. The third kappa shape index (κ3) is 7.13. The van der Waals surface area contributed by atoms with Gasteiger partial charge in [-0.15, -0.1) is 0 Å². The van der Waals surface area contributed by atoms with Gasteiger partial charge in [-0.1, -0.05) is 118 Å². The van der Waals surface area contributed by atoms with Crippen LogP contribution in [0.3, 0.4) is 0 Å². The molecule has 0 fully saturated rings. The molecule has 10 heteroatoms. The predicted octanol–water partition coefficient (Wildman–Crippen LogP) is 12.3. The van der Waals surface area contributed by atoms with Crippen LogP contribution in [0.25, 0.3) is 44.8 Å². The number of nitrogens with zero attached hydrogens (tertiary/aromatic N) is 4. The fraction of sp³-hybridized carbons (Fsp3) is 0.108. The Morgan fingerprint density at radius 1 is 0.453 bits per heavy atom. The Labute approximate surface area is 446 Å². The van der Waals surface area contributed by atoms with Crippen LogP contribution in [0, 0.1) is 41.5 Å². The first kappa shape index (κ1) is 44.6. The first-order chi connectivity index (χ1) is 36.6. The summed E-state index contributed by atoms with van der Waals surface area (Å²) < 4.78 is 17.4. The van der Waals surface area contributed by atoms with E-state index in [4.69, 9.17) is 19.7 Å². The second kappa shape index (κ2) is 16.8. The number of aromatic nitrogens is 4. The zero-order valence-corrected chi connectivity index (χ0v) is 44.1. The van der Waals surface area contributed by atoms with Crippen molar-refractivity contribution in [2.24, 2.45) is 0 Å². The molecule has 0 N–H and O–H groups in total. The van der Waals surface area contributed by atoms with Gasteiger partial charge in [0.05, 0.1) is 23.8 Å². The Hall–Kier alpha value is -7.91. The fourth-order valence-corrected chi connectivity index (χ4v) is 15.3. The lowest BCUT2D eigenvalue weighted by molar-refractivity contribution is 0.464. The molecule has 0 spiro atoms. The molecule has 15 rings (SSSR count). The largest absolute Gasteiger partial charge is 0.458 e. The highest BCUT2D eigenvalue weighted by molar-refractivity contribution is 8.01. The molecule has 0 amide bonds. The summed E-state index contributed by atoms with van der Waals surface area (Å²) in [6.07, 6.45) is 14.0. The average molecular weight is 1000 g/mol. The summed E-state index contributed by atoms with van der Waals surface area (Å²) in [7, 11) is 0. The molecule has 6 heterocycles. The first-order valence-electron chi connectivity index (χ1n) is 25.8. The van der Waals surface area contributed by atoms with Gasteiger partial charge in [0.25, 0.3) is 6.71 Å². The molecule has 0 atom stereocenters. The molecule has 0 unspecified atom stereocenters. The Bertz CT molecular complexity index is 4150. The molecule has 0 bridgehead atoms. The van der Waals surface area contributed by atoms with E-state index in [1.54, 1.807) is 0 Å². The van der Waals surface area contributed by atoms with Gasteiger partial charge in [0.2, 0.25) is 6.71 Å². The molecule has 0 saturated heterocycles. The minimum absolute atomic E-state index is 0.0921. The molecule has 2 aromatic heterocycles. The van der Waals surface area contributed by atoms with E-state index >= 15 is 0 Å². The smallest absolute Gasteiger partial charge is 0.260 e. The molecular formula is C65H48B2N4O2S2. The van der Waals surface area contributed by atoms with Gasteiger partial charge in [-0.2, -0.15) is 10.2 Å². The van der Waals surface area contributed by atoms with E-state index in [1.165, 1.54) is 103 Å². The van der Waals surface area contributed by atoms with Crippen molar-refractivity contribution < 1.29 is 9.47 Å². The lowest BCUT2D eigenvalue weighted by Crippen LogP contribution is -2.58. The van der Waals surface area contributed by atoms with Gasteiger partial charge in [-0.05, 0) is 193 Å². The monoisotopic (exact) mass is 1000 g/mol. The van der Waals surface area contributed by atoms with E-state index < -0.39 is 0 Å². The summed E-state index contributed by atoms with van der Waals surface area (Å²) in [5.41, 5.74) is 26.8. The van der Waals surface area contributed by atoms with Gasteiger partial charge < -0.3 is 9.47 Å². The van der Waals surface area contributed by atoms with Gasteiger partial charge in [0.1, 0.15) is 23.0 Å². The molecule has 1 aliphatic carbocycles. The Morgan fingerprint density at radius 3 is 1.57 bits per heavy atom. The van der Waals surface area contributed by atoms with Crippen molar-refractivity contribution in [3.05, 3.63) is 215 Å². The maximum Gasteiger partial charge on any atom is 0.260 e. The Balaban J connectivity index is 0.769. The highest BCUT2D eigenvalue weighted by atomic mass is 32.2. The Morgan fingerprint density at radius 2 is 0.947 bits per heavy atom. The summed E-state index contributed by atoms with van der Waals surface area (Å²) in [5.74, 6) is 3.38. The average Bonchev–Trinajstić information content (AvgIpc) is 4.22. The van der Waals surface area contributed by atoms with Crippen LogP contribution in [0.15, 0.2) is 190 Å². The zero-order chi connectivity index (χ0) is 50.4. The van der Waals surface area contributed by atoms with Gasteiger partial charge in [0.15, 0.2) is 0 Å². The quantitative estimate of drug-likeness (QED) is 0.155. The van der Waals surface area contributed by atoms with Crippen molar-refractivity contribution in [3.8, 4) is 56.6 Å². The fourth-order valence-electron chi connectivity index (χ4n) is 12.9. The van der Waals surface area contributed by atoms with E-state index in [2.05, 4.69) is 198 Å². The van der Waals surface area contributed by atoms with Crippen LogP contribution in [0.1, 0.15) is 50.9 Å². The molecule has 0 radical (unpaired) electrons. The molecule has 5 aliphatic rings. The van der Waals surface area contributed by atoms with Crippen LogP contribution in [-0.2, 0) is 0 Å². The lowest BCUT2D eigenvalue weighted by atomic mass is 9.34. The predicted molar refractivity (Wildman–Crippen MR) is 310 cm³/mol. The summed E-state index contributed by atoms with van der Waals surface area (Å²) in [5, 5.41) is 9.86. The van der Waals surface area contributed by atoms with Crippen LogP contribution in [0.5, 0.6) is 23.0 Å². The SMILES string of the molecule is Cc1cc(C)c(-c2cnn(-c3ccc4c(c3)B3c5cc(C6=CCC(c7ccc8c(c7)B7c9cc(-n%10cc(-c%11c(C)cc(C)cc%11C)cn%10)ccc9Sc9cccc(c97)S8)=C6)ccc5Oc5cccc(c53)O4)c2)c(C)c1. The summed E-state index contributed by atoms with van der Waals surface area (Å²) >= 11 is 3.79. The van der Waals surface area contributed by atoms with Gasteiger partial charge >= 0.3 is 0 Å². The number of allylic oxidation sites excluding steroid dienone is 4. The molecular weight excluding hydrogens is 954 g/mol. The minimum atomic E-state index is -0.0921. The molecule has 4 aliphatic heterocycles. The van der Waals surface area contributed by atoms with Crippen LogP contribution < -0.4 is 42.3 Å². The van der Waals surface area contributed by atoms with Gasteiger partial charge in [-0.25, -0.2) is 9.36 Å². The van der Waals surface area contributed by atoms with Crippen molar-refractivity contribution in [2.75, 3.05) is 0 Å². The summed E-state index contributed by atoms with van der Waals surface area (Å²) in [6.45, 7) is 13.1. The van der Waals surface area contributed by atoms with E-state index in [0.29, 0.717) is 0 Å². The standard InChI is InChI=1S/C65H48B2N4O2S2/c1-36-23-38(3)62(39(4)24-36)46-32-68-70(34-46)48-17-20-55-51(30-48)66-50-28-44(15-19-54(50)72-56-9-7-10-57(73-55)64(56)66)42-13-14-43(27-42)45-16-21-58-52(29-45)67-53-31-49(18-22-59(53)75-61-12-8-11-60(74-58)65(61)67)71-35-47(33-69-71)63-40(5)25-37(2)26-41(63)6/h7-13,15-35H,14H2,1-6H3. The minimum Gasteiger partial charge on any atom is -0.458 e. The molecule has 10 aromatic rings. The van der Waals surface area contributed by atoms with Crippen molar-refractivity contribution in [1.82, 2.24) is 19.6 Å². The van der Waals surface area contributed by atoms with Crippen molar-refractivity contribution in [3.63, 3.8) is 0 Å². The second-order valence-electron chi connectivity index (χ2n) is 21.0. The molecule has 0 saturated carbocycles. The van der Waals surface area contributed by atoms with Gasteiger partial charge in [-0.3, -0.25) is 0 Å². The third-order valence-corrected chi connectivity index (χ3v) is 18.3. The first-order valence-corrected chi connectivity index (χ1v) is 27.4. The number of rotatable bonds is 6. The van der Waals surface area contributed by atoms with Gasteiger partial charge in [0, 0.05) is 48.6 Å². The molecule has 358 valence electrons. The Kier molecular flexibility index (Phi) is 9.98. The number of hydrogen-bond donors (Lipinski definition) is 0. The zero-order valence-electron chi connectivity index (χ0n) is 42.4. The van der Waals surface area contributed by atoms with Crippen molar-refractivity contribution in [1.29, 1.82) is 0 Å². The van der Waals surface area contributed by atoms with E-state index in [1.807, 2.05) is 46.7 Å². The molecule has 6 nitrogen and oxygen atoms in total. The number of benzene rings is 8. The van der Waals surface area contributed by atoms with Crippen LogP contribution in [0.4, 0.5) is 0 Å². The van der Waals surface area contributed by atoms with Crippen LogP contribution >= 0.6 is 23.5 Å². The number of fused-ring (bicyclic) bond motifs is 8. The normalized spacial score (nSPS) is 14.2. The maximum atomic E-state index is 6.71. The number of ether oxygens (including phenoxy) is 2. The molecule has 75 heavy (non-hydrogen) atoms. The van der Waals surface area contributed by atoms with E-state index in [9.17, 15) is 0 Å². The maximum absolute atomic E-state index is 6.71. The topological polar surface area (TPSA) is 54.1 Å². The highest BCUT2D eigenvalue weighted by Crippen LogP contribution is 2.42. The van der Waals surface area contributed by atoms with E-state index in [0.717, 1.165) is 68.3 Å². The third-order valence-electron chi connectivity index (χ3n) is 16.0.